The number of rotatable bonds is 4. The molecule has 2 aromatic carbocycles. The minimum atomic E-state index is -0.331. The van der Waals surface area contributed by atoms with Crippen molar-refractivity contribution in [2.45, 2.75) is 6.92 Å². The van der Waals surface area contributed by atoms with E-state index in [1.807, 2.05) is 31.2 Å². The Labute approximate surface area is 133 Å². The predicted octanol–water partition coefficient (Wildman–Crippen LogP) is 3.14. The number of hydrogen-bond acceptors (Lipinski definition) is 3. The van der Waals surface area contributed by atoms with Crippen molar-refractivity contribution in [3.05, 3.63) is 71.2 Å². The Morgan fingerprint density at radius 3 is 2.74 bits per heavy atom. The van der Waals surface area contributed by atoms with Crippen LogP contribution in [0.15, 0.2) is 59.2 Å². The van der Waals surface area contributed by atoms with Crippen molar-refractivity contribution in [1.29, 1.82) is 0 Å². The van der Waals surface area contributed by atoms with Crippen molar-refractivity contribution < 1.29 is 13.9 Å². The molecule has 0 saturated heterocycles. The molecule has 1 aliphatic rings. The van der Waals surface area contributed by atoms with Gasteiger partial charge in [0.05, 0.1) is 6.61 Å². The Morgan fingerprint density at radius 2 is 2.00 bits per heavy atom. The first kappa shape index (κ1) is 15.0. The molecule has 4 nitrogen and oxygen atoms in total. The molecule has 5 heteroatoms. The maximum atomic E-state index is 13.0. The molecule has 1 N–H and O–H groups in total. The number of nitrogens with one attached hydrogen (secondary N) is 1. The Kier molecular flexibility index (Phi) is 4.19. The first-order valence-corrected chi connectivity index (χ1v) is 7.26. The van der Waals surface area contributed by atoms with Crippen LogP contribution in [0, 0.1) is 5.82 Å². The minimum Gasteiger partial charge on any atom is -0.494 e. The average Bonchev–Trinajstić information content (AvgIpc) is 2.90. The van der Waals surface area contributed by atoms with Gasteiger partial charge in [0, 0.05) is 5.56 Å². The van der Waals surface area contributed by atoms with Crippen LogP contribution >= 0.6 is 0 Å². The van der Waals surface area contributed by atoms with Crippen molar-refractivity contribution in [2.24, 2.45) is 4.99 Å². The number of nitrogens with zero attached hydrogens (tertiary/aromatic N) is 1. The van der Waals surface area contributed by atoms with Gasteiger partial charge in [-0.2, -0.15) is 0 Å². The van der Waals surface area contributed by atoms with Crippen molar-refractivity contribution in [2.75, 3.05) is 6.61 Å². The van der Waals surface area contributed by atoms with Gasteiger partial charge >= 0.3 is 0 Å². The molecular formula is C18H15FN2O2. The molecule has 1 heterocycles. The number of aliphatic imine (C=N–C) groups is 1. The van der Waals surface area contributed by atoms with Gasteiger partial charge < -0.3 is 10.1 Å². The predicted molar refractivity (Wildman–Crippen MR) is 86.7 cm³/mol. The fourth-order valence-corrected chi connectivity index (χ4v) is 2.23. The Hall–Kier alpha value is -2.95. The van der Waals surface area contributed by atoms with Gasteiger partial charge in [-0.1, -0.05) is 12.1 Å². The lowest BCUT2D eigenvalue weighted by Gasteiger charge is -2.03. The van der Waals surface area contributed by atoms with Crippen LogP contribution in [0.25, 0.3) is 6.08 Å². The molecule has 0 aliphatic carbocycles. The maximum Gasteiger partial charge on any atom is 0.275 e. The van der Waals surface area contributed by atoms with Gasteiger partial charge in [0.2, 0.25) is 0 Å². The smallest absolute Gasteiger partial charge is 0.275 e. The second-order valence-electron chi connectivity index (χ2n) is 4.96. The fourth-order valence-electron chi connectivity index (χ4n) is 2.23. The number of halogens is 1. The molecule has 1 amide bonds. The summed E-state index contributed by atoms with van der Waals surface area (Å²) in [4.78, 5) is 16.3. The third kappa shape index (κ3) is 3.45. The molecular weight excluding hydrogens is 295 g/mol. The molecule has 0 bridgehead atoms. The summed E-state index contributed by atoms with van der Waals surface area (Å²) in [5.41, 5.74) is 1.79. The van der Waals surface area contributed by atoms with Crippen molar-refractivity contribution in [3.63, 3.8) is 0 Å². The van der Waals surface area contributed by atoms with E-state index < -0.39 is 0 Å². The third-order valence-electron chi connectivity index (χ3n) is 3.29. The summed E-state index contributed by atoms with van der Waals surface area (Å²) in [5, 5.41) is 2.69. The second kappa shape index (κ2) is 6.44. The number of amidine groups is 1. The standard InChI is InChI=1S/C18H15FN2O2/c1-2-23-15-5-3-4-12(10-15)11-16-18(22)21-17(20-16)13-6-8-14(19)9-7-13/h3-11H,2H2,1H3,(H,20,21,22)/b16-11+. The van der Waals surface area contributed by atoms with E-state index in [1.54, 1.807) is 18.2 Å². The molecule has 0 atom stereocenters. The van der Waals surface area contributed by atoms with Gasteiger partial charge in [-0.3, -0.25) is 4.79 Å². The molecule has 0 saturated carbocycles. The summed E-state index contributed by atoms with van der Waals surface area (Å²) in [5.74, 6) is 0.540. The van der Waals surface area contributed by atoms with Crippen molar-refractivity contribution in [3.8, 4) is 5.75 Å². The molecule has 116 valence electrons. The number of hydrogen-bond donors (Lipinski definition) is 1. The van der Waals surface area contributed by atoms with E-state index in [0.717, 1.165) is 11.3 Å². The van der Waals surface area contributed by atoms with Gasteiger partial charge in [0.15, 0.2) is 0 Å². The number of ether oxygens (including phenoxy) is 1. The maximum absolute atomic E-state index is 13.0. The summed E-state index contributed by atoms with van der Waals surface area (Å²) in [6.07, 6.45) is 1.69. The van der Waals surface area contributed by atoms with Crippen LogP contribution in [0.3, 0.4) is 0 Å². The summed E-state index contributed by atoms with van der Waals surface area (Å²) in [7, 11) is 0. The van der Waals surface area contributed by atoms with Crippen LogP contribution in [0.5, 0.6) is 5.75 Å². The molecule has 0 spiro atoms. The van der Waals surface area contributed by atoms with E-state index in [9.17, 15) is 9.18 Å². The Bertz CT molecular complexity index is 795. The summed E-state index contributed by atoms with van der Waals surface area (Å²) >= 11 is 0. The van der Waals surface area contributed by atoms with Crippen molar-refractivity contribution >= 4 is 17.8 Å². The minimum absolute atomic E-state index is 0.286. The second-order valence-corrected chi connectivity index (χ2v) is 4.96. The molecule has 23 heavy (non-hydrogen) atoms. The van der Waals surface area contributed by atoms with Gasteiger partial charge in [-0.05, 0) is 55.0 Å². The van der Waals surface area contributed by atoms with Gasteiger partial charge in [-0.15, -0.1) is 0 Å². The molecule has 1 aliphatic heterocycles. The van der Waals surface area contributed by atoms with Gasteiger partial charge in [0.1, 0.15) is 23.1 Å². The number of amides is 1. The van der Waals surface area contributed by atoms with E-state index in [1.165, 1.54) is 12.1 Å². The quantitative estimate of drug-likeness (QED) is 0.882. The van der Waals surface area contributed by atoms with Crippen LogP contribution in [0.1, 0.15) is 18.1 Å². The molecule has 3 rings (SSSR count). The SMILES string of the molecule is CCOc1cccc(/C=C2/N=C(c3ccc(F)cc3)NC2=O)c1. The first-order valence-electron chi connectivity index (χ1n) is 7.26. The Balaban J connectivity index is 1.88. The first-order chi connectivity index (χ1) is 11.2. The normalized spacial score (nSPS) is 15.5. The molecule has 2 aromatic rings. The molecule has 0 unspecified atom stereocenters. The summed E-state index contributed by atoms with van der Waals surface area (Å²) in [6.45, 7) is 2.49. The van der Waals surface area contributed by atoms with E-state index >= 15 is 0 Å². The van der Waals surface area contributed by atoms with Gasteiger partial charge in [-0.25, -0.2) is 9.38 Å². The molecule has 0 radical (unpaired) electrons. The van der Waals surface area contributed by atoms with Crippen LogP contribution < -0.4 is 10.1 Å². The third-order valence-corrected chi connectivity index (χ3v) is 3.29. The van der Waals surface area contributed by atoms with Gasteiger partial charge in [0.25, 0.3) is 5.91 Å². The average molecular weight is 310 g/mol. The van der Waals surface area contributed by atoms with E-state index in [2.05, 4.69) is 10.3 Å². The van der Waals surface area contributed by atoms with Crippen LogP contribution in [0.4, 0.5) is 4.39 Å². The number of carbonyl (C=O) groups is 1. The highest BCUT2D eigenvalue weighted by Crippen LogP contribution is 2.19. The lowest BCUT2D eigenvalue weighted by molar-refractivity contribution is -0.115. The van der Waals surface area contributed by atoms with E-state index in [-0.39, 0.29) is 11.7 Å². The van der Waals surface area contributed by atoms with Crippen LogP contribution in [-0.4, -0.2) is 18.3 Å². The monoisotopic (exact) mass is 310 g/mol. The zero-order valence-corrected chi connectivity index (χ0v) is 12.5. The fraction of sp³-hybridized carbons (Fsp3) is 0.111. The zero-order valence-electron chi connectivity index (χ0n) is 12.5. The zero-order chi connectivity index (χ0) is 16.2. The summed E-state index contributed by atoms with van der Waals surface area (Å²) < 4.78 is 18.4. The Morgan fingerprint density at radius 1 is 1.22 bits per heavy atom. The highest BCUT2D eigenvalue weighted by atomic mass is 19.1. The highest BCUT2D eigenvalue weighted by Gasteiger charge is 2.21. The van der Waals surface area contributed by atoms with Crippen LogP contribution in [0.2, 0.25) is 0 Å². The lowest BCUT2D eigenvalue weighted by Crippen LogP contribution is -2.24. The highest BCUT2D eigenvalue weighted by molar-refractivity contribution is 6.19. The number of carbonyl (C=O) groups excluding carboxylic acids is 1. The topological polar surface area (TPSA) is 50.7 Å². The van der Waals surface area contributed by atoms with Crippen LogP contribution in [-0.2, 0) is 4.79 Å². The largest absolute Gasteiger partial charge is 0.494 e. The van der Waals surface area contributed by atoms with E-state index in [4.69, 9.17) is 4.74 Å². The van der Waals surface area contributed by atoms with Crippen molar-refractivity contribution in [1.82, 2.24) is 5.32 Å². The summed E-state index contributed by atoms with van der Waals surface area (Å²) in [6, 6.07) is 13.2. The van der Waals surface area contributed by atoms with E-state index in [0.29, 0.717) is 23.7 Å². The molecule has 0 aromatic heterocycles. The number of benzene rings is 2. The molecule has 0 fully saturated rings. The lowest BCUT2D eigenvalue weighted by atomic mass is 10.2.